The quantitative estimate of drug-likeness (QED) is 0.677. The number of aromatic nitrogens is 1. The summed E-state index contributed by atoms with van der Waals surface area (Å²) < 4.78 is 6.66. The number of benzene rings is 2. The summed E-state index contributed by atoms with van der Waals surface area (Å²) in [6.07, 6.45) is 1.58. The number of nitrogens with zero attached hydrogens (tertiary/aromatic N) is 1. The van der Waals surface area contributed by atoms with Crippen molar-refractivity contribution in [3.05, 3.63) is 65.2 Å². The molecular weight excluding hydrogens is 368 g/mol. The van der Waals surface area contributed by atoms with Crippen LogP contribution in [-0.4, -0.2) is 30.1 Å². The Bertz CT molecular complexity index is 916. The Balaban J connectivity index is 1.62. The number of hydrogen-bond donors (Lipinski definition) is 1. The first-order valence-electron chi connectivity index (χ1n) is 9.85. The molecule has 0 radical (unpaired) electrons. The highest BCUT2D eigenvalue weighted by Gasteiger charge is 2.38. The second-order valence-corrected chi connectivity index (χ2v) is 8.95. The maximum atomic E-state index is 13.5. The Labute approximate surface area is 169 Å². The maximum Gasteiger partial charge on any atom is 0.231 e. The van der Waals surface area contributed by atoms with Crippen molar-refractivity contribution in [2.75, 3.05) is 13.2 Å². The van der Waals surface area contributed by atoms with E-state index in [1.54, 1.807) is 11.3 Å². The van der Waals surface area contributed by atoms with E-state index in [0.717, 1.165) is 40.4 Å². The van der Waals surface area contributed by atoms with Gasteiger partial charge in [-0.05, 0) is 38.0 Å². The van der Waals surface area contributed by atoms with Gasteiger partial charge in [0, 0.05) is 25.0 Å². The monoisotopic (exact) mass is 394 g/mol. The van der Waals surface area contributed by atoms with E-state index in [0.29, 0.717) is 12.3 Å². The fraction of sp³-hybridized carbons (Fsp3) is 0.391. The Morgan fingerprint density at radius 3 is 2.71 bits per heavy atom. The van der Waals surface area contributed by atoms with Gasteiger partial charge in [0.1, 0.15) is 0 Å². The van der Waals surface area contributed by atoms with Gasteiger partial charge >= 0.3 is 0 Å². The minimum Gasteiger partial charge on any atom is -0.381 e. The fourth-order valence-electron chi connectivity index (χ4n) is 3.85. The first-order chi connectivity index (χ1) is 13.6. The van der Waals surface area contributed by atoms with Crippen molar-refractivity contribution >= 4 is 27.5 Å². The molecule has 0 spiro atoms. The van der Waals surface area contributed by atoms with Crippen LogP contribution in [0.1, 0.15) is 30.8 Å². The number of para-hydroxylation sites is 1. The van der Waals surface area contributed by atoms with Crippen molar-refractivity contribution in [1.82, 2.24) is 10.3 Å². The molecule has 1 aromatic heterocycles. The van der Waals surface area contributed by atoms with Crippen LogP contribution in [0.2, 0.25) is 0 Å². The number of ether oxygens (including phenoxy) is 1. The van der Waals surface area contributed by atoms with E-state index >= 15 is 0 Å². The van der Waals surface area contributed by atoms with Crippen LogP contribution < -0.4 is 5.32 Å². The van der Waals surface area contributed by atoms with E-state index in [1.807, 2.05) is 55.5 Å². The van der Waals surface area contributed by atoms with Gasteiger partial charge in [-0.15, -0.1) is 11.3 Å². The van der Waals surface area contributed by atoms with E-state index in [9.17, 15) is 4.79 Å². The molecule has 4 nitrogen and oxygen atoms in total. The molecule has 0 bridgehead atoms. The average Bonchev–Trinajstić information content (AvgIpc) is 3.38. The predicted molar refractivity (Wildman–Crippen MR) is 114 cm³/mol. The van der Waals surface area contributed by atoms with Crippen LogP contribution in [0, 0.1) is 5.92 Å². The summed E-state index contributed by atoms with van der Waals surface area (Å²) in [6, 6.07) is 18.3. The second-order valence-electron chi connectivity index (χ2n) is 7.84. The van der Waals surface area contributed by atoms with Gasteiger partial charge in [-0.2, -0.15) is 0 Å². The number of hydrogen-bond acceptors (Lipinski definition) is 4. The number of fused-ring (bicyclic) bond motifs is 1. The molecule has 4 rings (SSSR count). The smallest absolute Gasteiger partial charge is 0.231 e. The van der Waals surface area contributed by atoms with Crippen LogP contribution in [0.3, 0.4) is 0 Å². The molecule has 146 valence electrons. The first kappa shape index (κ1) is 19.1. The lowest BCUT2D eigenvalue weighted by Gasteiger charge is -2.31. The van der Waals surface area contributed by atoms with Crippen molar-refractivity contribution < 1.29 is 9.53 Å². The molecular formula is C23H26N2O2S. The average molecular weight is 395 g/mol. The minimum absolute atomic E-state index is 0.0531. The van der Waals surface area contributed by atoms with E-state index in [2.05, 4.69) is 18.3 Å². The van der Waals surface area contributed by atoms with Crippen molar-refractivity contribution in [2.45, 2.75) is 38.1 Å². The molecule has 28 heavy (non-hydrogen) atoms. The Morgan fingerprint density at radius 2 is 2.00 bits per heavy atom. The summed E-state index contributed by atoms with van der Waals surface area (Å²) in [7, 11) is 0. The van der Waals surface area contributed by atoms with E-state index < -0.39 is 5.41 Å². The predicted octanol–water partition coefficient (Wildman–Crippen LogP) is 4.34. The van der Waals surface area contributed by atoms with Gasteiger partial charge in [-0.3, -0.25) is 4.79 Å². The summed E-state index contributed by atoms with van der Waals surface area (Å²) >= 11 is 1.67. The molecule has 1 fully saturated rings. The van der Waals surface area contributed by atoms with Gasteiger partial charge in [0.05, 0.1) is 27.2 Å². The summed E-state index contributed by atoms with van der Waals surface area (Å²) in [5.74, 6) is 0.434. The molecule has 2 aromatic carbocycles. The molecule has 1 N–H and O–H groups in total. The lowest BCUT2D eigenvalue weighted by Crippen LogP contribution is -2.49. The molecule has 5 heteroatoms. The van der Waals surface area contributed by atoms with Crippen molar-refractivity contribution in [2.24, 2.45) is 5.92 Å². The second kappa shape index (κ2) is 8.02. The normalized spacial score (nSPS) is 20.0. The molecule has 3 aromatic rings. The first-order valence-corrected chi connectivity index (χ1v) is 10.7. The molecule has 1 aliphatic rings. The summed E-state index contributed by atoms with van der Waals surface area (Å²) in [5, 5.41) is 4.26. The lowest BCUT2D eigenvalue weighted by molar-refractivity contribution is -0.127. The molecule has 1 saturated heterocycles. The number of carbonyl (C=O) groups is 1. The zero-order valence-electron chi connectivity index (χ0n) is 16.4. The van der Waals surface area contributed by atoms with Crippen LogP contribution in [0.4, 0.5) is 0 Å². The maximum absolute atomic E-state index is 13.5. The van der Waals surface area contributed by atoms with Gasteiger partial charge in [-0.1, -0.05) is 42.5 Å². The van der Waals surface area contributed by atoms with Gasteiger partial charge < -0.3 is 10.1 Å². The van der Waals surface area contributed by atoms with Crippen LogP contribution in [0.5, 0.6) is 0 Å². The Morgan fingerprint density at radius 1 is 1.25 bits per heavy atom. The van der Waals surface area contributed by atoms with E-state index in [1.165, 1.54) is 0 Å². The molecule has 0 unspecified atom stereocenters. The van der Waals surface area contributed by atoms with Crippen LogP contribution in [0.15, 0.2) is 54.6 Å². The zero-order chi connectivity index (χ0) is 19.6. The third-order valence-electron chi connectivity index (χ3n) is 5.79. The minimum atomic E-state index is -0.678. The molecule has 0 aliphatic carbocycles. The number of amides is 1. The molecule has 3 atom stereocenters. The number of thiazole rings is 1. The lowest BCUT2D eigenvalue weighted by atomic mass is 9.78. The molecule has 0 saturated carbocycles. The SMILES string of the molecule is C[C@H](NC(=O)[C@](C)(Cc1nc2ccccc2s1)c1ccccc1)[C@@H]1CCOC1. The largest absolute Gasteiger partial charge is 0.381 e. The van der Waals surface area contributed by atoms with Crippen molar-refractivity contribution in [1.29, 1.82) is 0 Å². The number of rotatable bonds is 6. The van der Waals surface area contributed by atoms with E-state index in [4.69, 9.17) is 9.72 Å². The van der Waals surface area contributed by atoms with Gasteiger partial charge in [-0.25, -0.2) is 4.98 Å². The van der Waals surface area contributed by atoms with Crippen molar-refractivity contribution in [3.63, 3.8) is 0 Å². The van der Waals surface area contributed by atoms with Crippen LogP contribution >= 0.6 is 11.3 Å². The van der Waals surface area contributed by atoms with Crippen molar-refractivity contribution in [3.8, 4) is 0 Å². The third-order valence-corrected chi connectivity index (χ3v) is 6.82. The zero-order valence-corrected chi connectivity index (χ0v) is 17.2. The van der Waals surface area contributed by atoms with Gasteiger partial charge in [0.15, 0.2) is 0 Å². The molecule has 1 aliphatic heterocycles. The van der Waals surface area contributed by atoms with E-state index in [-0.39, 0.29) is 11.9 Å². The summed E-state index contributed by atoms with van der Waals surface area (Å²) in [5.41, 5.74) is 1.33. The van der Waals surface area contributed by atoms with Crippen LogP contribution in [-0.2, 0) is 21.4 Å². The summed E-state index contributed by atoms with van der Waals surface area (Å²) in [4.78, 5) is 18.3. The van der Waals surface area contributed by atoms with Crippen LogP contribution in [0.25, 0.3) is 10.2 Å². The third kappa shape index (κ3) is 3.82. The highest BCUT2D eigenvalue weighted by atomic mass is 32.1. The highest BCUT2D eigenvalue weighted by Crippen LogP contribution is 2.32. The fourth-order valence-corrected chi connectivity index (χ4v) is 4.97. The van der Waals surface area contributed by atoms with Gasteiger partial charge in [0.25, 0.3) is 0 Å². The highest BCUT2D eigenvalue weighted by molar-refractivity contribution is 7.18. The Kier molecular flexibility index (Phi) is 5.47. The molecule has 2 heterocycles. The topological polar surface area (TPSA) is 51.2 Å². The number of nitrogens with one attached hydrogen (secondary N) is 1. The molecule has 1 amide bonds. The number of carbonyl (C=O) groups excluding carboxylic acids is 1. The summed E-state index contributed by atoms with van der Waals surface area (Å²) in [6.45, 7) is 5.62. The standard InChI is InChI=1S/C23H26N2O2S/c1-16(17-12-13-27-15-17)24-22(26)23(2,18-8-4-3-5-9-18)14-21-25-19-10-6-7-11-20(19)28-21/h3-11,16-17H,12-15H2,1-2H3,(H,24,26)/t16-,17+,23+/m0/s1. The Hall–Kier alpha value is -2.24. The van der Waals surface area contributed by atoms with Gasteiger partial charge in [0.2, 0.25) is 5.91 Å².